The second-order valence-electron chi connectivity index (χ2n) is 6.77. The molecule has 26 heavy (non-hydrogen) atoms. The number of aryl methyl sites for hydroxylation is 1. The summed E-state index contributed by atoms with van der Waals surface area (Å²) in [6, 6.07) is 9.71. The summed E-state index contributed by atoms with van der Waals surface area (Å²) < 4.78 is 16.4. The number of rotatable bonds is 8. The molecule has 0 radical (unpaired) electrons. The van der Waals surface area contributed by atoms with Crippen molar-refractivity contribution in [3.8, 4) is 5.75 Å². The van der Waals surface area contributed by atoms with Crippen molar-refractivity contribution in [2.24, 2.45) is 11.7 Å². The number of nitrogens with two attached hydrogens (primary N) is 1. The van der Waals surface area contributed by atoms with Crippen molar-refractivity contribution in [2.75, 3.05) is 26.8 Å². The lowest BCUT2D eigenvalue weighted by Crippen LogP contribution is -2.23. The molecule has 1 aromatic carbocycles. The van der Waals surface area contributed by atoms with Crippen LogP contribution in [-0.4, -0.2) is 48.9 Å². The second kappa shape index (κ2) is 8.33. The summed E-state index contributed by atoms with van der Waals surface area (Å²) in [7, 11) is 1.76. The zero-order valence-corrected chi connectivity index (χ0v) is 15.2. The van der Waals surface area contributed by atoms with Gasteiger partial charge in [0.25, 0.3) is 5.91 Å². The van der Waals surface area contributed by atoms with Crippen LogP contribution in [0.15, 0.2) is 34.9 Å². The Balaban J connectivity index is 1.60. The number of nitrogens with zero attached hydrogens (tertiary/aromatic N) is 2. The number of likely N-dealkylation sites (tertiary alicyclic amines) is 1. The standard InChI is InChI=1S/C19H25N3O4/c1-13-6-17(26-21-13)8-15-10-22(11-18(15)24-2)9-14-4-3-5-16(7-14)25-12-19(20)23/h3-7,15,18H,8-12H2,1-2H3,(H2,20,23)/t15-,18+/m1/s1. The number of aromatic nitrogens is 1. The monoisotopic (exact) mass is 359 g/mol. The molecule has 2 aromatic rings. The summed E-state index contributed by atoms with van der Waals surface area (Å²) in [5, 5.41) is 3.96. The molecule has 0 aliphatic carbocycles. The Hall–Kier alpha value is -2.38. The minimum absolute atomic E-state index is 0.114. The van der Waals surface area contributed by atoms with Gasteiger partial charge in [-0.15, -0.1) is 0 Å². The summed E-state index contributed by atoms with van der Waals surface area (Å²) in [6.07, 6.45) is 0.979. The van der Waals surface area contributed by atoms with Crippen LogP contribution in [0, 0.1) is 12.8 Å². The van der Waals surface area contributed by atoms with Gasteiger partial charge in [-0.1, -0.05) is 17.3 Å². The first-order valence-corrected chi connectivity index (χ1v) is 8.71. The molecule has 3 rings (SSSR count). The van der Waals surface area contributed by atoms with Gasteiger partial charge in [-0.2, -0.15) is 0 Å². The summed E-state index contributed by atoms with van der Waals surface area (Å²) in [4.78, 5) is 13.2. The minimum Gasteiger partial charge on any atom is -0.484 e. The van der Waals surface area contributed by atoms with Crippen LogP contribution in [0.5, 0.6) is 5.75 Å². The Bertz CT molecular complexity index is 746. The van der Waals surface area contributed by atoms with E-state index in [4.69, 9.17) is 19.7 Å². The summed E-state index contributed by atoms with van der Waals surface area (Å²) in [5.74, 6) is 1.43. The van der Waals surface area contributed by atoms with Crippen LogP contribution in [0.1, 0.15) is 17.0 Å². The Morgan fingerprint density at radius 2 is 2.23 bits per heavy atom. The number of hydrogen-bond donors (Lipinski definition) is 1. The molecule has 2 atom stereocenters. The maximum Gasteiger partial charge on any atom is 0.255 e. The largest absolute Gasteiger partial charge is 0.484 e. The highest BCUT2D eigenvalue weighted by Gasteiger charge is 2.33. The molecule has 0 bridgehead atoms. The van der Waals surface area contributed by atoms with E-state index in [0.717, 1.165) is 43.1 Å². The van der Waals surface area contributed by atoms with Crippen molar-refractivity contribution in [1.82, 2.24) is 10.1 Å². The maximum absolute atomic E-state index is 10.9. The Kier molecular flexibility index (Phi) is 5.90. The average Bonchev–Trinajstić information content (AvgIpc) is 3.19. The van der Waals surface area contributed by atoms with Gasteiger partial charge in [0.15, 0.2) is 6.61 Å². The highest BCUT2D eigenvalue weighted by atomic mass is 16.5. The van der Waals surface area contributed by atoms with E-state index in [1.807, 2.05) is 37.3 Å². The van der Waals surface area contributed by atoms with Gasteiger partial charge >= 0.3 is 0 Å². The maximum atomic E-state index is 10.9. The van der Waals surface area contributed by atoms with Crippen molar-refractivity contribution in [2.45, 2.75) is 26.0 Å². The van der Waals surface area contributed by atoms with E-state index in [1.165, 1.54) is 0 Å². The molecule has 2 N–H and O–H groups in total. The van der Waals surface area contributed by atoms with Crippen LogP contribution in [0.3, 0.4) is 0 Å². The van der Waals surface area contributed by atoms with Crippen LogP contribution in [0.25, 0.3) is 0 Å². The summed E-state index contributed by atoms with van der Waals surface area (Å²) >= 11 is 0. The molecule has 0 spiro atoms. The highest BCUT2D eigenvalue weighted by molar-refractivity contribution is 5.75. The van der Waals surface area contributed by atoms with Gasteiger partial charge in [0, 0.05) is 45.1 Å². The Labute approximate surface area is 153 Å². The fraction of sp³-hybridized carbons (Fsp3) is 0.474. The van der Waals surface area contributed by atoms with Crippen molar-refractivity contribution >= 4 is 5.91 Å². The van der Waals surface area contributed by atoms with Crippen LogP contribution in [-0.2, 0) is 22.5 Å². The molecule has 1 aliphatic heterocycles. The molecule has 0 unspecified atom stereocenters. The summed E-state index contributed by atoms with van der Waals surface area (Å²) in [6.45, 7) is 4.39. The lowest BCUT2D eigenvalue weighted by Gasteiger charge is -2.16. The zero-order chi connectivity index (χ0) is 18.5. The molecule has 7 heteroatoms. The first-order chi connectivity index (χ1) is 12.5. The van der Waals surface area contributed by atoms with Crippen LogP contribution >= 0.6 is 0 Å². The van der Waals surface area contributed by atoms with Crippen molar-refractivity contribution in [3.05, 3.63) is 47.3 Å². The third kappa shape index (κ3) is 4.83. The van der Waals surface area contributed by atoms with Gasteiger partial charge in [0.05, 0.1) is 11.8 Å². The third-order valence-electron chi connectivity index (χ3n) is 4.59. The van der Waals surface area contributed by atoms with E-state index in [9.17, 15) is 4.79 Å². The molecule has 7 nitrogen and oxygen atoms in total. The molecule has 1 fully saturated rings. The number of amides is 1. The van der Waals surface area contributed by atoms with E-state index in [0.29, 0.717) is 11.7 Å². The van der Waals surface area contributed by atoms with E-state index in [1.54, 1.807) is 7.11 Å². The van der Waals surface area contributed by atoms with Crippen LogP contribution in [0.2, 0.25) is 0 Å². The molecule has 2 heterocycles. The minimum atomic E-state index is -0.483. The van der Waals surface area contributed by atoms with Gasteiger partial charge in [-0.25, -0.2) is 0 Å². The topological polar surface area (TPSA) is 90.8 Å². The average molecular weight is 359 g/mol. The highest BCUT2D eigenvalue weighted by Crippen LogP contribution is 2.26. The van der Waals surface area contributed by atoms with Crippen molar-refractivity contribution in [3.63, 3.8) is 0 Å². The van der Waals surface area contributed by atoms with E-state index < -0.39 is 5.91 Å². The lowest BCUT2D eigenvalue weighted by atomic mass is 10.0. The molecule has 1 aromatic heterocycles. The Morgan fingerprint density at radius 3 is 2.92 bits per heavy atom. The normalized spacial score (nSPS) is 20.4. The molecule has 140 valence electrons. The molecular formula is C19H25N3O4. The first kappa shape index (κ1) is 18.4. The smallest absolute Gasteiger partial charge is 0.255 e. The summed E-state index contributed by atoms with van der Waals surface area (Å²) in [5.41, 5.74) is 7.15. The first-order valence-electron chi connectivity index (χ1n) is 8.71. The van der Waals surface area contributed by atoms with Crippen LogP contribution < -0.4 is 10.5 Å². The zero-order valence-electron chi connectivity index (χ0n) is 15.2. The number of benzene rings is 1. The fourth-order valence-electron chi connectivity index (χ4n) is 3.44. The number of hydrogen-bond acceptors (Lipinski definition) is 6. The third-order valence-corrected chi connectivity index (χ3v) is 4.59. The molecule has 1 amide bonds. The van der Waals surface area contributed by atoms with E-state index in [-0.39, 0.29) is 12.7 Å². The number of methoxy groups -OCH3 is 1. The Morgan fingerprint density at radius 1 is 1.38 bits per heavy atom. The van der Waals surface area contributed by atoms with Gasteiger partial charge < -0.3 is 19.7 Å². The lowest BCUT2D eigenvalue weighted by molar-refractivity contribution is -0.119. The number of ether oxygens (including phenoxy) is 2. The number of carbonyl (C=O) groups is 1. The molecule has 0 saturated carbocycles. The SMILES string of the molecule is CO[C@H]1CN(Cc2cccc(OCC(N)=O)c2)C[C@H]1Cc1cc(C)no1. The predicted octanol–water partition coefficient (Wildman–Crippen LogP) is 1.54. The van der Waals surface area contributed by atoms with Gasteiger partial charge in [-0.3, -0.25) is 9.69 Å². The van der Waals surface area contributed by atoms with Crippen molar-refractivity contribution < 1.29 is 18.8 Å². The number of primary amides is 1. The molecule has 1 aliphatic rings. The fourth-order valence-corrected chi connectivity index (χ4v) is 3.44. The van der Waals surface area contributed by atoms with E-state index in [2.05, 4.69) is 10.1 Å². The molecular weight excluding hydrogens is 334 g/mol. The van der Waals surface area contributed by atoms with Gasteiger partial charge in [-0.05, 0) is 24.6 Å². The second-order valence-corrected chi connectivity index (χ2v) is 6.77. The van der Waals surface area contributed by atoms with E-state index >= 15 is 0 Å². The predicted molar refractivity (Wildman–Crippen MR) is 95.6 cm³/mol. The quantitative estimate of drug-likeness (QED) is 0.769. The van der Waals surface area contributed by atoms with Crippen LogP contribution in [0.4, 0.5) is 0 Å². The van der Waals surface area contributed by atoms with Gasteiger partial charge in [0.1, 0.15) is 11.5 Å². The molecule has 1 saturated heterocycles. The van der Waals surface area contributed by atoms with Crippen molar-refractivity contribution in [1.29, 1.82) is 0 Å². The van der Waals surface area contributed by atoms with Gasteiger partial charge in [0.2, 0.25) is 0 Å². The number of carbonyl (C=O) groups excluding carboxylic acids is 1.